The summed E-state index contributed by atoms with van der Waals surface area (Å²) in [6.45, 7) is 4.01. The van der Waals surface area contributed by atoms with Crippen molar-refractivity contribution in [2.75, 3.05) is 6.54 Å². The molecule has 5 N–H and O–H groups in total. The Morgan fingerprint density at radius 3 is 2.20 bits per heavy atom. The zero-order valence-corrected chi connectivity index (χ0v) is 19.6. The van der Waals surface area contributed by atoms with Gasteiger partial charge in [0.25, 0.3) is 5.91 Å². The molecule has 35 heavy (non-hydrogen) atoms. The Morgan fingerprint density at radius 1 is 0.943 bits per heavy atom. The molecule has 0 fully saturated rings. The van der Waals surface area contributed by atoms with Crippen LogP contribution in [-0.2, 0) is 12.0 Å². The van der Waals surface area contributed by atoms with Gasteiger partial charge in [-0.3, -0.25) is 9.59 Å². The number of nitrogens with two attached hydrogens (primary N) is 1. The number of carbonyl (C=O) groups is 2. The molecule has 0 saturated carbocycles. The third-order valence-corrected chi connectivity index (χ3v) is 5.82. The Labute approximate surface area is 203 Å². The molecule has 0 spiro atoms. The average molecular weight is 482 g/mol. The zero-order chi connectivity index (χ0) is 25.6. The van der Waals surface area contributed by atoms with Crippen molar-refractivity contribution in [3.63, 3.8) is 0 Å². The fourth-order valence-corrected chi connectivity index (χ4v) is 3.79. The van der Waals surface area contributed by atoms with E-state index in [1.165, 1.54) is 24.3 Å². The van der Waals surface area contributed by atoms with Gasteiger partial charge >= 0.3 is 0 Å². The van der Waals surface area contributed by atoms with Crippen LogP contribution in [0.5, 0.6) is 0 Å². The van der Waals surface area contributed by atoms with Crippen LogP contribution in [0.2, 0.25) is 0 Å². The van der Waals surface area contributed by atoms with Gasteiger partial charge in [-0.15, -0.1) is 0 Å². The van der Waals surface area contributed by atoms with Crippen LogP contribution >= 0.6 is 0 Å². The normalized spacial score (nSPS) is 13.2. The molecule has 0 aliphatic rings. The highest BCUT2D eigenvalue weighted by molar-refractivity contribution is 5.99. The van der Waals surface area contributed by atoms with Gasteiger partial charge in [0.05, 0.1) is 12.1 Å². The number of halogens is 2. The number of primary amides is 1. The van der Waals surface area contributed by atoms with E-state index in [2.05, 4.69) is 10.6 Å². The lowest BCUT2D eigenvalue weighted by Crippen LogP contribution is -2.51. The first-order chi connectivity index (χ1) is 16.5. The SMILES string of the molecule is CC(C)(NC[C@@H](O)[C@H](Cc1cc(F)cc(F)c1)NC(=O)c1cccc(C(N)=O)c1)c1ccccc1. The third-order valence-electron chi connectivity index (χ3n) is 5.82. The lowest BCUT2D eigenvalue weighted by molar-refractivity contribution is 0.0813. The van der Waals surface area contributed by atoms with Crippen molar-refractivity contribution in [3.05, 3.63) is 107 Å². The predicted molar refractivity (Wildman–Crippen MR) is 130 cm³/mol. The molecule has 3 aromatic rings. The molecule has 0 aliphatic carbocycles. The minimum Gasteiger partial charge on any atom is -0.390 e. The second kappa shape index (κ2) is 11.2. The summed E-state index contributed by atoms with van der Waals surface area (Å²) in [7, 11) is 0. The van der Waals surface area contributed by atoms with Crippen LogP contribution in [-0.4, -0.2) is 35.6 Å². The number of aliphatic hydroxyl groups is 1. The molecule has 2 amide bonds. The smallest absolute Gasteiger partial charge is 0.251 e. The summed E-state index contributed by atoms with van der Waals surface area (Å²) in [6, 6.07) is 17.7. The largest absolute Gasteiger partial charge is 0.390 e. The summed E-state index contributed by atoms with van der Waals surface area (Å²) < 4.78 is 27.5. The van der Waals surface area contributed by atoms with Crippen molar-refractivity contribution < 1.29 is 23.5 Å². The van der Waals surface area contributed by atoms with Crippen LogP contribution in [0.4, 0.5) is 8.78 Å². The molecule has 0 saturated heterocycles. The fourth-order valence-electron chi connectivity index (χ4n) is 3.79. The van der Waals surface area contributed by atoms with Crippen molar-refractivity contribution in [3.8, 4) is 0 Å². The van der Waals surface area contributed by atoms with Crippen molar-refractivity contribution in [1.82, 2.24) is 10.6 Å². The number of nitrogens with one attached hydrogen (secondary N) is 2. The van der Waals surface area contributed by atoms with Gasteiger partial charge in [-0.05, 0) is 61.7 Å². The highest BCUT2D eigenvalue weighted by Gasteiger charge is 2.27. The molecule has 2 atom stereocenters. The van der Waals surface area contributed by atoms with Crippen molar-refractivity contribution in [1.29, 1.82) is 0 Å². The number of rotatable bonds is 10. The second-order valence-electron chi connectivity index (χ2n) is 8.95. The van der Waals surface area contributed by atoms with Gasteiger partial charge < -0.3 is 21.5 Å². The molecule has 0 bridgehead atoms. The molecule has 6 nitrogen and oxygen atoms in total. The Bertz CT molecular complexity index is 1170. The van der Waals surface area contributed by atoms with E-state index in [9.17, 15) is 23.5 Å². The Morgan fingerprint density at radius 2 is 1.57 bits per heavy atom. The van der Waals surface area contributed by atoms with E-state index < -0.39 is 41.1 Å². The maximum atomic E-state index is 13.8. The molecule has 3 aromatic carbocycles. The summed E-state index contributed by atoms with van der Waals surface area (Å²) in [5.74, 6) is -2.75. The Hall–Kier alpha value is -3.62. The number of amides is 2. The number of aliphatic hydroxyl groups excluding tert-OH is 1. The van der Waals surface area contributed by atoms with Gasteiger partial charge in [0.15, 0.2) is 0 Å². The van der Waals surface area contributed by atoms with Crippen LogP contribution in [0.15, 0.2) is 72.8 Å². The Kier molecular flexibility index (Phi) is 8.32. The number of carbonyl (C=O) groups excluding carboxylic acids is 2. The molecule has 0 aliphatic heterocycles. The van der Waals surface area contributed by atoms with Crippen LogP contribution < -0.4 is 16.4 Å². The molecule has 8 heteroatoms. The first-order valence-electron chi connectivity index (χ1n) is 11.2. The lowest BCUT2D eigenvalue weighted by Gasteiger charge is -2.31. The summed E-state index contributed by atoms with van der Waals surface area (Å²) in [5, 5.41) is 17.0. The van der Waals surface area contributed by atoms with Crippen molar-refractivity contribution >= 4 is 11.8 Å². The molecule has 0 radical (unpaired) electrons. The maximum Gasteiger partial charge on any atom is 0.251 e. The van der Waals surface area contributed by atoms with Gasteiger partial charge in [-0.25, -0.2) is 8.78 Å². The third kappa shape index (κ3) is 7.18. The van der Waals surface area contributed by atoms with Crippen LogP contribution in [0.25, 0.3) is 0 Å². The van der Waals surface area contributed by atoms with Crippen molar-refractivity contribution in [2.24, 2.45) is 5.73 Å². The van der Waals surface area contributed by atoms with E-state index in [-0.39, 0.29) is 29.7 Å². The average Bonchev–Trinajstić information content (AvgIpc) is 2.82. The van der Waals surface area contributed by atoms with E-state index in [4.69, 9.17) is 5.73 Å². The fraction of sp³-hybridized carbons (Fsp3) is 0.259. The van der Waals surface area contributed by atoms with Crippen LogP contribution in [0.3, 0.4) is 0 Å². The Balaban J connectivity index is 1.80. The summed E-state index contributed by atoms with van der Waals surface area (Å²) in [6.07, 6.45) is -1.13. The molecule has 3 rings (SSSR count). The first-order valence-corrected chi connectivity index (χ1v) is 11.2. The molecular weight excluding hydrogens is 452 g/mol. The molecule has 0 unspecified atom stereocenters. The van der Waals surface area contributed by atoms with E-state index >= 15 is 0 Å². The van der Waals surface area contributed by atoms with Gasteiger partial charge in [0.1, 0.15) is 11.6 Å². The predicted octanol–water partition coefficient (Wildman–Crippen LogP) is 3.29. The molecule has 0 heterocycles. The minimum atomic E-state index is -1.10. The monoisotopic (exact) mass is 481 g/mol. The van der Waals surface area contributed by atoms with Crippen LogP contribution in [0, 0.1) is 11.6 Å². The van der Waals surface area contributed by atoms with Crippen molar-refractivity contribution in [2.45, 2.75) is 38.0 Å². The summed E-state index contributed by atoms with van der Waals surface area (Å²) in [5.41, 5.74) is 6.42. The standard InChI is InChI=1S/C27H29F2N3O3/c1-27(2,20-9-4-3-5-10-20)31-16-24(33)23(13-17-11-21(28)15-22(29)12-17)32-26(35)19-8-6-7-18(14-19)25(30)34/h3-12,14-15,23-24,31,33H,13,16H2,1-2H3,(H2,30,34)(H,32,35)/t23-,24+/m0/s1. The quantitative estimate of drug-likeness (QED) is 0.357. The lowest BCUT2D eigenvalue weighted by atomic mass is 9.93. The minimum absolute atomic E-state index is 0.0233. The topological polar surface area (TPSA) is 104 Å². The van der Waals surface area contributed by atoms with E-state index in [1.807, 2.05) is 44.2 Å². The highest BCUT2D eigenvalue weighted by atomic mass is 19.1. The van der Waals surface area contributed by atoms with E-state index in [0.29, 0.717) is 0 Å². The zero-order valence-electron chi connectivity index (χ0n) is 19.6. The number of benzene rings is 3. The highest BCUT2D eigenvalue weighted by Crippen LogP contribution is 2.20. The second-order valence-corrected chi connectivity index (χ2v) is 8.95. The molecular formula is C27H29F2N3O3. The molecule has 184 valence electrons. The summed E-state index contributed by atoms with van der Waals surface area (Å²) >= 11 is 0. The van der Waals surface area contributed by atoms with E-state index in [1.54, 1.807) is 0 Å². The molecule has 0 aromatic heterocycles. The van der Waals surface area contributed by atoms with Crippen LogP contribution in [0.1, 0.15) is 45.7 Å². The van der Waals surface area contributed by atoms with Gasteiger partial charge in [0, 0.05) is 29.3 Å². The van der Waals surface area contributed by atoms with E-state index in [0.717, 1.165) is 23.8 Å². The number of hydrogen-bond donors (Lipinski definition) is 4. The van der Waals surface area contributed by atoms with Gasteiger partial charge in [-0.2, -0.15) is 0 Å². The first kappa shape index (κ1) is 26.0. The number of hydrogen-bond acceptors (Lipinski definition) is 4. The summed E-state index contributed by atoms with van der Waals surface area (Å²) in [4.78, 5) is 24.4. The van der Waals surface area contributed by atoms with Gasteiger partial charge in [0.2, 0.25) is 5.91 Å². The maximum absolute atomic E-state index is 13.8. The van der Waals surface area contributed by atoms with Gasteiger partial charge in [-0.1, -0.05) is 36.4 Å².